The first-order valence-electron chi connectivity index (χ1n) is 7.87. The molecule has 1 atom stereocenters. The third kappa shape index (κ3) is 1.64. The van der Waals surface area contributed by atoms with Gasteiger partial charge in [0.25, 0.3) is 0 Å². The monoisotopic (exact) mass is 322 g/mol. The topological polar surface area (TPSA) is 55.6 Å². The van der Waals surface area contributed by atoms with Crippen LogP contribution >= 0.6 is 0 Å². The fourth-order valence-electron chi connectivity index (χ4n) is 3.92. The molecule has 0 bridgehead atoms. The Kier molecular flexibility index (Phi) is 2.83. The molecule has 24 heavy (non-hydrogen) atoms. The molecule has 2 aromatic carbocycles. The molecule has 0 amide bonds. The number of anilines is 1. The molecule has 5 nitrogen and oxygen atoms in total. The number of fused-ring (bicyclic) bond motifs is 2. The smallest absolute Gasteiger partial charge is 0.311 e. The van der Waals surface area contributed by atoms with Gasteiger partial charge in [0.2, 0.25) is 11.5 Å². The largest absolute Gasteiger partial charge is 0.456 e. The minimum Gasteiger partial charge on any atom is -0.456 e. The number of nitro benzene ring substituents is 1. The average molecular weight is 322 g/mol. The van der Waals surface area contributed by atoms with Gasteiger partial charge in [-0.25, -0.2) is 0 Å². The highest BCUT2D eigenvalue weighted by atomic mass is 16.6. The first kappa shape index (κ1) is 14.8. The van der Waals surface area contributed by atoms with Crippen molar-refractivity contribution in [2.75, 3.05) is 11.9 Å². The van der Waals surface area contributed by atoms with Crippen LogP contribution in [-0.2, 0) is 5.41 Å². The van der Waals surface area contributed by atoms with E-state index in [4.69, 9.17) is 4.74 Å². The normalized spacial score (nSPS) is 22.9. The molecule has 2 aromatic rings. The Balaban J connectivity index is 1.92. The van der Waals surface area contributed by atoms with Crippen LogP contribution in [0.1, 0.15) is 25.0 Å². The van der Waals surface area contributed by atoms with E-state index in [1.165, 1.54) is 11.6 Å². The molecule has 0 unspecified atom stereocenters. The Morgan fingerprint density at radius 1 is 1.12 bits per heavy atom. The third-order valence-corrected chi connectivity index (χ3v) is 5.30. The summed E-state index contributed by atoms with van der Waals surface area (Å²) in [4.78, 5) is 13.1. The summed E-state index contributed by atoms with van der Waals surface area (Å²) in [6.45, 7) is 4.22. The number of likely N-dealkylation sites (N-methyl/N-ethyl adjacent to an activating group) is 1. The molecule has 2 aliphatic rings. The Labute approximate surface area is 140 Å². The van der Waals surface area contributed by atoms with Crippen LogP contribution in [-0.4, -0.2) is 17.7 Å². The number of hydrogen-bond acceptors (Lipinski definition) is 4. The van der Waals surface area contributed by atoms with Crippen LogP contribution in [0.2, 0.25) is 0 Å². The Morgan fingerprint density at radius 3 is 2.58 bits per heavy atom. The molecular weight excluding hydrogens is 304 g/mol. The van der Waals surface area contributed by atoms with E-state index in [1.54, 1.807) is 6.07 Å². The van der Waals surface area contributed by atoms with Crippen molar-refractivity contribution in [2.24, 2.45) is 0 Å². The van der Waals surface area contributed by atoms with Gasteiger partial charge in [0.1, 0.15) is 0 Å². The number of hydrogen-bond donors (Lipinski definition) is 0. The van der Waals surface area contributed by atoms with E-state index in [1.807, 2.05) is 37.4 Å². The number of benzene rings is 2. The van der Waals surface area contributed by atoms with Crippen LogP contribution in [0.15, 0.2) is 48.5 Å². The van der Waals surface area contributed by atoms with E-state index in [9.17, 15) is 10.1 Å². The van der Waals surface area contributed by atoms with Crippen molar-refractivity contribution < 1.29 is 9.66 Å². The fraction of sp³-hybridized carbons (Fsp3) is 0.263. The predicted octanol–water partition coefficient (Wildman–Crippen LogP) is 4.12. The summed E-state index contributed by atoms with van der Waals surface area (Å²) in [5.41, 5.74) is 1.81. The molecule has 0 fully saturated rings. The van der Waals surface area contributed by atoms with Crippen LogP contribution in [0.5, 0.6) is 5.75 Å². The summed E-state index contributed by atoms with van der Waals surface area (Å²) in [6, 6.07) is 13.1. The number of para-hydroxylation sites is 2. The van der Waals surface area contributed by atoms with Crippen molar-refractivity contribution in [1.29, 1.82) is 0 Å². The number of nitrogens with zero attached hydrogens (tertiary/aromatic N) is 2. The SMILES string of the molecule is CN1c2ccccc2C(C)(C)[C@@]12C=Cc1cccc([N+](=O)[O-])c1O2. The molecule has 2 heterocycles. The first-order valence-corrected chi connectivity index (χ1v) is 7.87. The third-order valence-electron chi connectivity index (χ3n) is 5.30. The van der Waals surface area contributed by atoms with Gasteiger partial charge in [-0.15, -0.1) is 0 Å². The van der Waals surface area contributed by atoms with E-state index in [0.29, 0.717) is 5.75 Å². The quantitative estimate of drug-likeness (QED) is 0.585. The maximum absolute atomic E-state index is 11.4. The second-order valence-corrected chi connectivity index (χ2v) is 6.79. The molecular formula is C19H18N2O3. The van der Waals surface area contributed by atoms with Crippen molar-refractivity contribution in [3.63, 3.8) is 0 Å². The standard InChI is InChI=1S/C19H18N2O3/c1-18(2)14-8-4-5-9-15(14)20(3)19(18)12-11-13-7-6-10-16(21(22)23)17(13)24-19/h4-12H,1-3H3/t19-/m0/s1. The van der Waals surface area contributed by atoms with Crippen LogP contribution in [0.25, 0.3) is 6.08 Å². The first-order chi connectivity index (χ1) is 11.4. The molecule has 0 saturated heterocycles. The van der Waals surface area contributed by atoms with Gasteiger partial charge < -0.3 is 9.64 Å². The molecule has 2 aliphatic heterocycles. The molecule has 0 saturated carbocycles. The van der Waals surface area contributed by atoms with Gasteiger partial charge in [0.15, 0.2) is 0 Å². The van der Waals surface area contributed by atoms with Crippen LogP contribution in [0.4, 0.5) is 11.4 Å². The lowest BCUT2D eigenvalue weighted by Gasteiger charge is -2.45. The van der Waals surface area contributed by atoms with Crippen LogP contribution in [0.3, 0.4) is 0 Å². The van der Waals surface area contributed by atoms with Crippen molar-refractivity contribution in [1.82, 2.24) is 0 Å². The predicted molar refractivity (Wildman–Crippen MR) is 93.4 cm³/mol. The van der Waals surface area contributed by atoms with Gasteiger partial charge in [-0.05, 0) is 37.6 Å². The summed E-state index contributed by atoms with van der Waals surface area (Å²) in [7, 11) is 1.97. The minimum atomic E-state index is -0.796. The highest BCUT2D eigenvalue weighted by Crippen LogP contribution is 2.55. The Hall–Kier alpha value is -2.82. The van der Waals surface area contributed by atoms with Crippen LogP contribution < -0.4 is 9.64 Å². The molecule has 0 radical (unpaired) electrons. The number of rotatable bonds is 1. The highest BCUT2D eigenvalue weighted by molar-refractivity contribution is 5.74. The van der Waals surface area contributed by atoms with Gasteiger partial charge in [-0.2, -0.15) is 0 Å². The molecule has 5 heteroatoms. The zero-order chi connectivity index (χ0) is 17.1. The van der Waals surface area contributed by atoms with Crippen molar-refractivity contribution in [3.05, 3.63) is 69.8 Å². The summed E-state index contributed by atoms with van der Waals surface area (Å²) < 4.78 is 6.38. The molecule has 0 aliphatic carbocycles. The average Bonchev–Trinajstić information content (AvgIpc) is 2.74. The summed E-state index contributed by atoms with van der Waals surface area (Å²) in [6.07, 6.45) is 3.94. The molecule has 0 aromatic heterocycles. The van der Waals surface area contributed by atoms with E-state index in [0.717, 1.165) is 11.3 Å². The Bertz CT molecular complexity index is 888. The van der Waals surface area contributed by atoms with Gasteiger partial charge in [-0.1, -0.05) is 30.3 Å². The van der Waals surface area contributed by atoms with Crippen molar-refractivity contribution in [3.8, 4) is 5.75 Å². The summed E-state index contributed by atoms with van der Waals surface area (Å²) in [5.74, 6) is 0.331. The maximum Gasteiger partial charge on any atom is 0.311 e. The zero-order valence-electron chi connectivity index (χ0n) is 13.8. The number of nitro groups is 1. The van der Waals surface area contributed by atoms with Gasteiger partial charge in [0.05, 0.1) is 10.3 Å². The zero-order valence-corrected chi connectivity index (χ0v) is 13.8. The van der Waals surface area contributed by atoms with E-state index >= 15 is 0 Å². The van der Waals surface area contributed by atoms with Gasteiger partial charge >= 0.3 is 5.69 Å². The van der Waals surface area contributed by atoms with E-state index < -0.39 is 5.72 Å². The lowest BCUT2D eigenvalue weighted by Crippen LogP contribution is -2.58. The van der Waals surface area contributed by atoms with Crippen LogP contribution in [0, 0.1) is 10.1 Å². The lowest BCUT2D eigenvalue weighted by molar-refractivity contribution is -0.386. The van der Waals surface area contributed by atoms with Gasteiger partial charge in [0, 0.05) is 24.4 Å². The minimum absolute atomic E-state index is 0.00335. The van der Waals surface area contributed by atoms with Gasteiger partial charge in [-0.3, -0.25) is 10.1 Å². The van der Waals surface area contributed by atoms with E-state index in [-0.39, 0.29) is 16.0 Å². The molecule has 0 N–H and O–H groups in total. The van der Waals surface area contributed by atoms with Crippen molar-refractivity contribution in [2.45, 2.75) is 25.0 Å². The Morgan fingerprint density at radius 2 is 1.88 bits per heavy atom. The fourth-order valence-corrected chi connectivity index (χ4v) is 3.92. The molecule has 4 rings (SSSR count). The maximum atomic E-state index is 11.4. The molecule has 1 spiro atoms. The second-order valence-electron chi connectivity index (χ2n) is 6.79. The lowest BCUT2D eigenvalue weighted by atomic mass is 9.76. The summed E-state index contributed by atoms with van der Waals surface area (Å²) >= 11 is 0. The second kappa shape index (κ2) is 4.60. The number of ether oxygens (including phenoxy) is 1. The summed E-state index contributed by atoms with van der Waals surface area (Å²) in [5, 5.41) is 11.4. The van der Waals surface area contributed by atoms with Crippen molar-refractivity contribution >= 4 is 17.5 Å². The highest BCUT2D eigenvalue weighted by Gasteiger charge is 2.58. The van der Waals surface area contributed by atoms with E-state index in [2.05, 4.69) is 30.9 Å². The molecule has 122 valence electrons.